The van der Waals surface area contributed by atoms with Gasteiger partial charge in [0.2, 0.25) is 0 Å². The van der Waals surface area contributed by atoms with E-state index in [0.29, 0.717) is 30.4 Å². The van der Waals surface area contributed by atoms with E-state index < -0.39 is 0 Å². The molecule has 22 heavy (non-hydrogen) atoms. The lowest BCUT2D eigenvalue weighted by atomic mass is 10.1. The van der Waals surface area contributed by atoms with Gasteiger partial charge in [-0.2, -0.15) is 0 Å². The van der Waals surface area contributed by atoms with Crippen LogP contribution in [0, 0.1) is 5.92 Å². The molecule has 0 radical (unpaired) electrons. The summed E-state index contributed by atoms with van der Waals surface area (Å²) < 4.78 is 11.5. The normalized spacial score (nSPS) is 13.8. The number of hydrogen-bond donors (Lipinski definition) is 0. The van der Waals surface area contributed by atoms with Crippen molar-refractivity contribution in [3.05, 3.63) is 23.8 Å². The SMILES string of the molecule is CCCOc1ccc(C(=O)N(C)CC2CC2)cc1OCCC. The van der Waals surface area contributed by atoms with Crippen molar-refractivity contribution in [3.63, 3.8) is 0 Å². The molecule has 2 rings (SSSR count). The summed E-state index contributed by atoms with van der Waals surface area (Å²) in [5.74, 6) is 2.13. The lowest BCUT2D eigenvalue weighted by Crippen LogP contribution is -2.28. The second kappa shape index (κ2) is 8.06. The highest BCUT2D eigenvalue weighted by Crippen LogP contribution is 2.31. The number of nitrogens with zero attached hydrogens (tertiary/aromatic N) is 1. The summed E-state index contributed by atoms with van der Waals surface area (Å²) in [6.07, 6.45) is 4.35. The van der Waals surface area contributed by atoms with Gasteiger partial charge in [-0.15, -0.1) is 0 Å². The van der Waals surface area contributed by atoms with Crippen LogP contribution >= 0.6 is 0 Å². The van der Waals surface area contributed by atoms with E-state index in [1.54, 1.807) is 0 Å². The minimum Gasteiger partial charge on any atom is -0.490 e. The molecule has 0 atom stereocenters. The minimum absolute atomic E-state index is 0.0512. The molecule has 122 valence electrons. The molecule has 0 spiro atoms. The molecule has 0 saturated heterocycles. The highest BCUT2D eigenvalue weighted by atomic mass is 16.5. The van der Waals surface area contributed by atoms with Crippen LogP contribution in [0.25, 0.3) is 0 Å². The van der Waals surface area contributed by atoms with Crippen molar-refractivity contribution in [2.75, 3.05) is 26.8 Å². The Morgan fingerprint density at radius 3 is 2.36 bits per heavy atom. The molecule has 0 unspecified atom stereocenters. The summed E-state index contributed by atoms with van der Waals surface area (Å²) in [5.41, 5.74) is 0.665. The summed E-state index contributed by atoms with van der Waals surface area (Å²) in [5, 5.41) is 0. The largest absolute Gasteiger partial charge is 0.490 e. The monoisotopic (exact) mass is 305 g/mol. The van der Waals surface area contributed by atoms with Gasteiger partial charge in [0.05, 0.1) is 13.2 Å². The molecule has 0 heterocycles. The number of ether oxygens (including phenoxy) is 2. The maximum atomic E-state index is 12.5. The fourth-order valence-electron chi connectivity index (χ4n) is 2.29. The number of carbonyl (C=O) groups is 1. The molecule has 1 fully saturated rings. The highest BCUT2D eigenvalue weighted by Gasteiger charge is 2.25. The molecule has 1 aliphatic carbocycles. The van der Waals surface area contributed by atoms with Crippen molar-refractivity contribution in [2.45, 2.75) is 39.5 Å². The third-order valence-corrected chi connectivity index (χ3v) is 3.69. The first-order chi connectivity index (χ1) is 10.7. The lowest BCUT2D eigenvalue weighted by Gasteiger charge is -2.18. The van der Waals surface area contributed by atoms with Crippen molar-refractivity contribution in [1.29, 1.82) is 0 Å². The zero-order valence-electron chi connectivity index (χ0n) is 13.9. The first kappa shape index (κ1) is 16.7. The summed E-state index contributed by atoms with van der Waals surface area (Å²) in [7, 11) is 1.87. The van der Waals surface area contributed by atoms with Crippen molar-refractivity contribution < 1.29 is 14.3 Å². The molecule has 1 aromatic carbocycles. The molecule has 4 nitrogen and oxygen atoms in total. The fourth-order valence-corrected chi connectivity index (χ4v) is 2.29. The molecular weight excluding hydrogens is 278 g/mol. The Morgan fingerprint density at radius 1 is 1.14 bits per heavy atom. The van der Waals surface area contributed by atoms with E-state index in [0.717, 1.165) is 25.1 Å². The third kappa shape index (κ3) is 4.65. The van der Waals surface area contributed by atoms with Gasteiger partial charge < -0.3 is 14.4 Å². The Labute approximate surface area is 133 Å². The van der Waals surface area contributed by atoms with Crippen molar-refractivity contribution >= 4 is 5.91 Å². The van der Waals surface area contributed by atoms with E-state index in [1.807, 2.05) is 30.1 Å². The molecule has 4 heteroatoms. The molecule has 1 aromatic rings. The molecule has 1 saturated carbocycles. The van der Waals surface area contributed by atoms with Crippen LogP contribution in [0.15, 0.2) is 18.2 Å². The van der Waals surface area contributed by atoms with Crippen LogP contribution in [-0.2, 0) is 0 Å². The second-order valence-corrected chi connectivity index (χ2v) is 5.99. The standard InChI is InChI=1S/C18H27NO3/c1-4-10-21-16-9-8-15(12-17(16)22-11-5-2)18(20)19(3)13-14-6-7-14/h8-9,12,14H,4-7,10-11,13H2,1-3H3. The second-order valence-electron chi connectivity index (χ2n) is 5.99. The van der Waals surface area contributed by atoms with E-state index in [9.17, 15) is 4.79 Å². The van der Waals surface area contributed by atoms with Crippen LogP contribution < -0.4 is 9.47 Å². The van der Waals surface area contributed by atoms with Gasteiger partial charge >= 0.3 is 0 Å². The predicted molar refractivity (Wildman–Crippen MR) is 87.7 cm³/mol. The smallest absolute Gasteiger partial charge is 0.253 e. The van der Waals surface area contributed by atoms with Crippen LogP contribution in [0.5, 0.6) is 11.5 Å². The molecule has 0 aliphatic heterocycles. The first-order valence-electron chi connectivity index (χ1n) is 8.30. The van der Waals surface area contributed by atoms with E-state index >= 15 is 0 Å². The van der Waals surface area contributed by atoms with E-state index in [4.69, 9.17) is 9.47 Å². The summed E-state index contributed by atoms with van der Waals surface area (Å²) in [6.45, 7) is 6.25. The van der Waals surface area contributed by atoms with Crippen molar-refractivity contribution in [3.8, 4) is 11.5 Å². The maximum Gasteiger partial charge on any atom is 0.253 e. The Kier molecular flexibility index (Phi) is 6.10. The Morgan fingerprint density at radius 2 is 1.77 bits per heavy atom. The van der Waals surface area contributed by atoms with Gasteiger partial charge in [0.25, 0.3) is 5.91 Å². The Bertz CT molecular complexity index is 497. The molecular formula is C18H27NO3. The summed E-state index contributed by atoms with van der Waals surface area (Å²) in [6, 6.07) is 5.49. The van der Waals surface area contributed by atoms with Gasteiger partial charge in [-0.3, -0.25) is 4.79 Å². The maximum absolute atomic E-state index is 12.5. The molecule has 0 N–H and O–H groups in total. The third-order valence-electron chi connectivity index (χ3n) is 3.69. The van der Waals surface area contributed by atoms with Crippen LogP contribution in [0.2, 0.25) is 0 Å². The van der Waals surface area contributed by atoms with Gasteiger partial charge in [-0.1, -0.05) is 13.8 Å². The number of benzene rings is 1. The molecule has 0 bridgehead atoms. The van der Waals surface area contributed by atoms with Gasteiger partial charge in [0.15, 0.2) is 11.5 Å². The molecule has 1 amide bonds. The summed E-state index contributed by atoms with van der Waals surface area (Å²) in [4.78, 5) is 14.3. The van der Waals surface area contributed by atoms with Crippen molar-refractivity contribution in [1.82, 2.24) is 4.90 Å². The molecule has 0 aromatic heterocycles. The van der Waals surface area contributed by atoms with Crippen LogP contribution in [0.4, 0.5) is 0 Å². The fraction of sp³-hybridized carbons (Fsp3) is 0.611. The van der Waals surface area contributed by atoms with Crippen LogP contribution in [0.3, 0.4) is 0 Å². The van der Waals surface area contributed by atoms with Crippen LogP contribution in [-0.4, -0.2) is 37.6 Å². The zero-order valence-corrected chi connectivity index (χ0v) is 13.9. The van der Waals surface area contributed by atoms with Crippen LogP contribution in [0.1, 0.15) is 49.9 Å². The van der Waals surface area contributed by atoms with Gasteiger partial charge in [0, 0.05) is 19.2 Å². The summed E-state index contributed by atoms with van der Waals surface area (Å²) >= 11 is 0. The molecule has 1 aliphatic rings. The van der Waals surface area contributed by atoms with Gasteiger partial charge in [-0.05, 0) is 49.8 Å². The number of carbonyl (C=O) groups excluding carboxylic acids is 1. The highest BCUT2D eigenvalue weighted by molar-refractivity contribution is 5.94. The average molecular weight is 305 g/mol. The first-order valence-corrected chi connectivity index (χ1v) is 8.30. The minimum atomic E-state index is 0.0512. The van der Waals surface area contributed by atoms with Crippen molar-refractivity contribution in [2.24, 2.45) is 5.92 Å². The van der Waals surface area contributed by atoms with E-state index in [2.05, 4.69) is 13.8 Å². The van der Waals surface area contributed by atoms with E-state index in [1.165, 1.54) is 12.8 Å². The number of amides is 1. The Balaban J connectivity index is 2.10. The zero-order chi connectivity index (χ0) is 15.9. The number of hydrogen-bond acceptors (Lipinski definition) is 3. The van der Waals surface area contributed by atoms with Gasteiger partial charge in [-0.25, -0.2) is 0 Å². The van der Waals surface area contributed by atoms with E-state index in [-0.39, 0.29) is 5.91 Å². The lowest BCUT2D eigenvalue weighted by molar-refractivity contribution is 0.0788. The predicted octanol–water partition coefficient (Wildman–Crippen LogP) is 3.75. The topological polar surface area (TPSA) is 38.8 Å². The number of rotatable bonds is 9. The average Bonchev–Trinajstić information content (AvgIpc) is 3.34. The van der Waals surface area contributed by atoms with Gasteiger partial charge in [0.1, 0.15) is 0 Å². The quantitative estimate of drug-likeness (QED) is 0.697. The Hall–Kier alpha value is -1.71.